The van der Waals surface area contributed by atoms with E-state index in [0.29, 0.717) is 13.0 Å². The van der Waals surface area contributed by atoms with Gasteiger partial charge in [0.25, 0.3) is 0 Å². The molecule has 1 aromatic carbocycles. The highest BCUT2D eigenvalue weighted by Crippen LogP contribution is 2.10. The van der Waals surface area contributed by atoms with Gasteiger partial charge in [0.2, 0.25) is 0 Å². The number of hydrogen-bond acceptors (Lipinski definition) is 2. The van der Waals surface area contributed by atoms with Crippen molar-refractivity contribution in [1.29, 1.82) is 0 Å². The fourth-order valence-electron chi connectivity index (χ4n) is 1.06. The van der Waals surface area contributed by atoms with Crippen LogP contribution in [0.2, 0.25) is 0 Å². The van der Waals surface area contributed by atoms with E-state index in [1.807, 2.05) is 0 Å². The molecule has 4 heteroatoms. The number of carbonyl (C=O) groups is 1. The van der Waals surface area contributed by atoms with Crippen molar-refractivity contribution < 1.29 is 15.0 Å². The zero-order chi connectivity index (χ0) is 10.6. The average molecular weight is 195 g/mol. The second kappa shape index (κ2) is 4.50. The first-order valence-electron chi connectivity index (χ1n) is 4.31. The summed E-state index contributed by atoms with van der Waals surface area (Å²) in [4.78, 5) is 11.7. The van der Waals surface area contributed by atoms with E-state index in [4.69, 9.17) is 10.2 Å². The molecule has 0 aliphatic rings. The summed E-state index contributed by atoms with van der Waals surface area (Å²) < 4.78 is 0. The third-order valence-corrected chi connectivity index (χ3v) is 2.00. The van der Waals surface area contributed by atoms with Crippen LogP contribution < -0.4 is 0 Å². The van der Waals surface area contributed by atoms with Crippen LogP contribution >= 0.6 is 0 Å². The molecule has 0 fully saturated rings. The second-order valence-corrected chi connectivity index (χ2v) is 3.12. The maximum Gasteiger partial charge on any atom is 0.407 e. The Hall–Kier alpha value is -1.71. The molecular formula is C10H13NO3. The first-order chi connectivity index (χ1) is 6.59. The van der Waals surface area contributed by atoms with E-state index < -0.39 is 6.09 Å². The first kappa shape index (κ1) is 10.4. The van der Waals surface area contributed by atoms with E-state index in [2.05, 4.69) is 0 Å². The van der Waals surface area contributed by atoms with Gasteiger partial charge < -0.3 is 15.1 Å². The molecule has 0 heterocycles. The summed E-state index contributed by atoms with van der Waals surface area (Å²) in [6.07, 6.45) is -0.271. The lowest BCUT2D eigenvalue weighted by Crippen LogP contribution is -2.26. The highest BCUT2D eigenvalue weighted by molar-refractivity contribution is 5.64. The third kappa shape index (κ3) is 2.97. The topological polar surface area (TPSA) is 60.8 Å². The van der Waals surface area contributed by atoms with Crippen LogP contribution in [0.1, 0.15) is 5.56 Å². The molecule has 0 radical (unpaired) electrons. The van der Waals surface area contributed by atoms with Crippen molar-refractivity contribution in [2.45, 2.75) is 6.42 Å². The van der Waals surface area contributed by atoms with Crippen molar-refractivity contribution in [3.8, 4) is 5.75 Å². The molecule has 0 aliphatic heterocycles. The maximum atomic E-state index is 10.5. The van der Waals surface area contributed by atoms with E-state index in [9.17, 15) is 4.79 Å². The van der Waals surface area contributed by atoms with Crippen molar-refractivity contribution in [3.63, 3.8) is 0 Å². The molecule has 14 heavy (non-hydrogen) atoms. The zero-order valence-corrected chi connectivity index (χ0v) is 7.97. The fourth-order valence-corrected chi connectivity index (χ4v) is 1.06. The van der Waals surface area contributed by atoms with Gasteiger partial charge in [-0.3, -0.25) is 0 Å². The lowest BCUT2D eigenvalue weighted by molar-refractivity contribution is 0.156. The van der Waals surface area contributed by atoms with Crippen molar-refractivity contribution >= 4 is 6.09 Å². The molecule has 0 spiro atoms. The lowest BCUT2D eigenvalue weighted by Gasteiger charge is -2.12. The number of amides is 1. The quantitative estimate of drug-likeness (QED) is 0.769. The molecule has 0 unspecified atom stereocenters. The van der Waals surface area contributed by atoms with Gasteiger partial charge in [0, 0.05) is 13.6 Å². The Balaban J connectivity index is 2.46. The molecule has 0 saturated heterocycles. The second-order valence-electron chi connectivity index (χ2n) is 3.12. The smallest absolute Gasteiger partial charge is 0.407 e. The van der Waals surface area contributed by atoms with E-state index in [-0.39, 0.29) is 5.75 Å². The van der Waals surface area contributed by atoms with Gasteiger partial charge in [-0.05, 0) is 24.1 Å². The summed E-state index contributed by atoms with van der Waals surface area (Å²) in [7, 11) is 1.53. The lowest BCUT2D eigenvalue weighted by atomic mass is 10.1. The number of benzene rings is 1. The molecule has 1 aromatic rings. The van der Waals surface area contributed by atoms with Gasteiger partial charge in [0.05, 0.1) is 0 Å². The molecule has 0 bridgehead atoms. The van der Waals surface area contributed by atoms with Crippen LogP contribution in [-0.2, 0) is 6.42 Å². The summed E-state index contributed by atoms with van der Waals surface area (Å²) in [6, 6.07) is 6.75. The molecule has 4 nitrogen and oxygen atoms in total. The highest BCUT2D eigenvalue weighted by atomic mass is 16.4. The summed E-state index contributed by atoms with van der Waals surface area (Å²) >= 11 is 0. The Morgan fingerprint density at radius 1 is 1.36 bits per heavy atom. The number of carboxylic acid groups (broad SMARTS) is 1. The van der Waals surface area contributed by atoms with Gasteiger partial charge in [-0.25, -0.2) is 4.79 Å². The Labute approximate surface area is 82.4 Å². The van der Waals surface area contributed by atoms with Crippen LogP contribution in [0.4, 0.5) is 4.79 Å². The van der Waals surface area contributed by atoms with E-state index in [1.165, 1.54) is 11.9 Å². The van der Waals surface area contributed by atoms with Crippen LogP contribution in [0, 0.1) is 0 Å². The molecular weight excluding hydrogens is 182 g/mol. The van der Waals surface area contributed by atoms with Gasteiger partial charge in [-0.2, -0.15) is 0 Å². The van der Waals surface area contributed by atoms with Gasteiger partial charge in [-0.1, -0.05) is 12.1 Å². The molecule has 76 valence electrons. The molecule has 0 aliphatic carbocycles. The number of phenols is 1. The van der Waals surface area contributed by atoms with E-state index >= 15 is 0 Å². The minimum atomic E-state index is -0.927. The summed E-state index contributed by atoms with van der Waals surface area (Å²) in [5.41, 5.74) is 1.01. The minimum Gasteiger partial charge on any atom is -0.508 e. The van der Waals surface area contributed by atoms with Gasteiger partial charge in [0.1, 0.15) is 5.75 Å². The minimum absolute atomic E-state index is 0.223. The maximum absolute atomic E-state index is 10.5. The number of hydrogen-bond donors (Lipinski definition) is 2. The normalized spacial score (nSPS) is 9.79. The zero-order valence-electron chi connectivity index (χ0n) is 7.97. The monoisotopic (exact) mass is 195 g/mol. The third-order valence-electron chi connectivity index (χ3n) is 2.00. The largest absolute Gasteiger partial charge is 0.508 e. The molecule has 2 N–H and O–H groups in total. The van der Waals surface area contributed by atoms with E-state index in [1.54, 1.807) is 24.3 Å². The SMILES string of the molecule is CN(CCc1ccc(O)cc1)C(=O)O. The number of phenolic OH excluding ortho intramolecular Hbond substituents is 1. The molecule has 0 aromatic heterocycles. The van der Waals surface area contributed by atoms with Gasteiger partial charge in [0.15, 0.2) is 0 Å². The summed E-state index contributed by atoms with van der Waals surface area (Å²) in [6.45, 7) is 0.458. The number of likely N-dealkylation sites (N-methyl/N-ethyl adjacent to an activating group) is 1. The summed E-state index contributed by atoms with van der Waals surface area (Å²) in [5, 5.41) is 17.6. The van der Waals surface area contributed by atoms with E-state index in [0.717, 1.165) is 5.56 Å². The Bertz CT molecular complexity index is 308. The average Bonchev–Trinajstić information content (AvgIpc) is 2.16. The predicted molar refractivity (Wildman–Crippen MR) is 52.5 cm³/mol. The number of rotatable bonds is 3. The number of nitrogens with zero attached hydrogens (tertiary/aromatic N) is 1. The van der Waals surface area contributed by atoms with Crippen LogP contribution in [0.25, 0.3) is 0 Å². The van der Waals surface area contributed by atoms with Crippen molar-refractivity contribution in [2.75, 3.05) is 13.6 Å². The van der Waals surface area contributed by atoms with Crippen LogP contribution in [0.15, 0.2) is 24.3 Å². The Morgan fingerprint density at radius 2 is 1.93 bits per heavy atom. The standard InChI is InChI=1S/C10H13NO3/c1-11(10(13)14)7-6-8-2-4-9(12)5-3-8/h2-5,12H,6-7H2,1H3,(H,13,14). The van der Waals surface area contributed by atoms with Crippen molar-refractivity contribution in [1.82, 2.24) is 4.90 Å². The molecule has 0 saturated carbocycles. The summed E-state index contributed by atoms with van der Waals surface area (Å²) in [5.74, 6) is 0.223. The molecule has 1 amide bonds. The molecule has 0 atom stereocenters. The first-order valence-corrected chi connectivity index (χ1v) is 4.31. The van der Waals surface area contributed by atoms with Crippen molar-refractivity contribution in [3.05, 3.63) is 29.8 Å². The Morgan fingerprint density at radius 3 is 2.43 bits per heavy atom. The van der Waals surface area contributed by atoms with Gasteiger partial charge >= 0.3 is 6.09 Å². The molecule has 1 rings (SSSR count). The van der Waals surface area contributed by atoms with Crippen LogP contribution in [-0.4, -0.2) is 34.8 Å². The van der Waals surface area contributed by atoms with Gasteiger partial charge in [-0.15, -0.1) is 0 Å². The Kier molecular flexibility index (Phi) is 3.34. The number of aromatic hydroxyl groups is 1. The fraction of sp³-hybridized carbons (Fsp3) is 0.300. The van der Waals surface area contributed by atoms with Crippen LogP contribution in [0.5, 0.6) is 5.75 Å². The van der Waals surface area contributed by atoms with Crippen LogP contribution in [0.3, 0.4) is 0 Å². The highest BCUT2D eigenvalue weighted by Gasteiger charge is 2.04. The van der Waals surface area contributed by atoms with Crippen molar-refractivity contribution in [2.24, 2.45) is 0 Å². The predicted octanol–water partition coefficient (Wildman–Crippen LogP) is 1.54.